The second-order valence-electron chi connectivity index (χ2n) is 4.21. The van der Waals surface area contributed by atoms with E-state index in [-0.39, 0.29) is 29.8 Å². The first kappa shape index (κ1) is 18.3. The maximum Gasteiger partial charge on any atom is 0.441 e. The Balaban J connectivity index is 2.70. The van der Waals surface area contributed by atoms with Crippen LogP contribution in [0.2, 0.25) is 0 Å². The van der Waals surface area contributed by atoms with Gasteiger partial charge in [0, 0.05) is 30.7 Å². The van der Waals surface area contributed by atoms with Crippen molar-refractivity contribution in [2.75, 3.05) is 12.3 Å². The Labute approximate surface area is 125 Å². The molecule has 0 fully saturated rings. The molecule has 1 heterocycles. The molecule has 5 nitrogen and oxygen atoms in total. The molecule has 0 unspecified atom stereocenters. The van der Waals surface area contributed by atoms with Crippen LogP contribution in [-0.2, 0) is 23.2 Å². The predicted molar refractivity (Wildman–Crippen MR) is 74.3 cm³/mol. The molecule has 1 aromatic heterocycles. The number of hydrogen-bond donors (Lipinski definition) is 2. The number of nitrogens with one attached hydrogen (secondary N) is 1. The van der Waals surface area contributed by atoms with Gasteiger partial charge >= 0.3 is 5.51 Å². The van der Waals surface area contributed by atoms with Gasteiger partial charge in [-0.25, -0.2) is 13.1 Å². The first-order valence-corrected chi connectivity index (χ1v) is 8.66. The molecule has 2 N–H and O–H groups in total. The second kappa shape index (κ2) is 7.52. The van der Waals surface area contributed by atoms with Crippen LogP contribution in [0, 0.1) is 0 Å². The predicted octanol–water partition coefficient (Wildman–Crippen LogP) is 1.92. The highest BCUT2D eigenvalue weighted by Crippen LogP contribution is 2.29. The molecule has 0 bridgehead atoms. The third-order valence-electron chi connectivity index (χ3n) is 2.56. The highest BCUT2D eigenvalue weighted by Gasteiger charge is 2.28. The summed E-state index contributed by atoms with van der Waals surface area (Å²) in [6.07, 6.45) is 2.13. The van der Waals surface area contributed by atoms with Gasteiger partial charge in [0.25, 0.3) is 0 Å². The molecule has 0 spiro atoms. The van der Waals surface area contributed by atoms with Crippen molar-refractivity contribution in [3.8, 4) is 0 Å². The number of hydrogen-bond acceptors (Lipinski definition) is 4. The molecule has 0 amide bonds. The minimum Gasteiger partial charge on any atom is -0.390 e. The van der Waals surface area contributed by atoms with Gasteiger partial charge in [-0.05, 0) is 24.2 Å². The van der Waals surface area contributed by atoms with E-state index in [0.29, 0.717) is 12.2 Å². The van der Waals surface area contributed by atoms with Crippen LogP contribution < -0.4 is 4.72 Å². The fraction of sp³-hybridized carbons (Fsp3) is 0.636. The molecule has 0 saturated heterocycles. The molecule has 1 rings (SSSR count). The van der Waals surface area contributed by atoms with E-state index in [1.54, 1.807) is 4.57 Å². The molecule has 0 atom stereocenters. The van der Waals surface area contributed by atoms with Crippen molar-refractivity contribution >= 4 is 21.8 Å². The van der Waals surface area contributed by atoms with E-state index in [1.807, 2.05) is 6.92 Å². The lowest BCUT2D eigenvalue weighted by Crippen LogP contribution is -2.26. The van der Waals surface area contributed by atoms with Gasteiger partial charge in [-0.1, -0.05) is 6.92 Å². The molecule has 1 aromatic rings. The smallest absolute Gasteiger partial charge is 0.390 e. The SMILES string of the molecule is CCCn1cc(S(=O)(=O)NCCSC(F)(F)F)cc1CO. The Morgan fingerprint density at radius 2 is 2.10 bits per heavy atom. The van der Waals surface area contributed by atoms with Crippen molar-refractivity contribution in [3.63, 3.8) is 0 Å². The third kappa shape index (κ3) is 5.89. The molecule has 0 aliphatic carbocycles. The number of rotatable bonds is 8. The maximum absolute atomic E-state index is 11.9. The Kier molecular flexibility index (Phi) is 6.57. The summed E-state index contributed by atoms with van der Waals surface area (Å²) in [7, 11) is -3.87. The van der Waals surface area contributed by atoms with Gasteiger partial charge < -0.3 is 9.67 Å². The number of sulfonamides is 1. The van der Waals surface area contributed by atoms with Gasteiger partial charge in [-0.3, -0.25) is 0 Å². The number of aryl methyl sites for hydroxylation is 1. The summed E-state index contributed by atoms with van der Waals surface area (Å²) >= 11 is -0.282. The Morgan fingerprint density at radius 1 is 1.43 bits per heavy atom. The number of aliphatic hydroxyl groups excluding tert-OH is 1. The minimum absolute atomic E-state index is 0.0583. The molecule has 0 aromatic carbocycles. The molecular weight excluding hydrogens is 329 g/mol. The quantitative estimate of drug-likeness (QED) is 0.706. The van der Waals surface area contributed by atoms with Crippen LogP contribution in [0.1, 0.15) is 19.0 Å². The zero-order chi connectivity index (χ0) is 16.1. The average molecular weight is 346 g/mol. The highest BCUT2D eigenvalue weighted by atomic mass is 32.2. The average Bonchev–Trinajstić information content (AvgIpc) is 2.78. The number of aromatic nitrogens is 1. The van der Waals surface area contributed by atoms with Crippen molar-refractivity contribution in [2.24, 2.45) is 0 Å². The molecule has 21 heavy (non-hydrogen) atoms. The Morgan fingerprint density at radius 3 is 2.62 bits per heavy atom. The van der Waals surface area contributed by atoms with Crippen molar-refractivity contribution in [3.05, 3.63) is 18.0 Å². The lowest BCUT2D eigenvalue weighted by molar-refractivity contribution is -0.0327. The number of halogens is 3. The molecular formula is C11H17F3N2O3S2. The van der Waals surface area contributed by atoms with Crippen LogP contribution in [0.3, 0.4) is 0 Å². The van der Waals surface area contributed by atoms with Gasteiger partial charge in [-0.2, -0.15) is 13.2 Å². The summed E-state index contributed by atoms with van der Waals surface area (Å²) in [5.74, 6) is -0.398. The van der Waals surface area contributed by atoms with Crippen LogP contribution in [0.4, 0.5) is 13.2 Å². The molecule has 122 valence electrons. The van der Waals surface area contributed by atoms with E-state index in [0.717, 1.165) is 6.42 Å². The largest absolute Gasteiger partial charge is 0.441 e. The van der Waals surface area contributed by atoms with Gasteiger partial charge in [0.05, 0.1) is 11.5 Å². The first-order chi connectivity index (χ1) is 9.69. The van der Waals surface area contributed by atoms with Crippen molar-refractivity contribution in [1.82, 2.24) is 9.29 Å². The minimum atomic E-state index is -4.38. The lowest BCUT2D eigenvalue weighted by atomic mass is 10.4. The number of alkyl halides is 3. The van der Waals surface area contributed by atoms with E-state index < -0.39 is 21.3 Å². The van der Waals surface area contributed by atoms with Crippen LogP contribution >= 0.6 is 11.8 Å². The number of aliphatic hydroxyl groups is 1. The van der Waals surface area contributed by atoms with Crippen molar-refractivity contribution in [2.45, 2.75) is 36.9 Å². The molecule has 0 aliphatic rings. The first-order valence-electron chi connectivity index (χ1n) is 6.20. The molecule has 0 radical (unpaired) electrons. The second-order valence-corrected chi connectivity index (χ2v) is 7.14. The van der Waals surface area contributed by atoms with Crippen LogP contribution in [0.15, 0.2) is 17.2 Å². The standard InChI is InChI=1S/C11H17F3N2O3S2/c1-2-4-16-7-10(6-9(16)8-17)21(18,19)15-3-5-20-11(12,13)14/h6-7,15,17H,2-5,8H2,1H3. The van der Waals surface area contributed by atoms with Crippen molar-refractivity contribution < 1.29 is 26.7 Å². The molecule has 0 aliphatic heterocycles. The van der Waals surface area contributed by atoms with E-state index in [4.69, 9.17) is 5.11 Å². The van der Waals surface area contributed by atoms with Gasteiger partial charge in [0.15, 0.2) is 0 Å². The monoisotopic (exact) mass is 346 g/mol. The summed E-state index contributed by atoms with van der Waals surface area (Å²) in [6, 6.07) is 1.31. The zero-order valence-electron chi connectivity index (χ0n) is 11.4. The number of thioether (sulfide) groups is 1. The van der Waals surface area contributed by atoms with E-state index in [1.165, 1.54) is 12.3 Å². The maximum atomic E-state index is 11.9. The molecule has 10 heteroatoms. The molecule has 0 saturated carbocycles. The van der Waals surface area contributed by atoms with E-state index in [9.17, 15) is 21.6 Å². The Hall–Kier alpha value is -0.710. The van der Waals surface area contributed by atoms with Crippen LogP contribution in [0.25, 0.3) is 0 Å². The third-order valence-corrected chi connectivity index (χ3v) is 4.72. The summed E-state index contributed by atoms with van der Waals surface area (Å²) in [5.41, 5.74) is -3.93. The fourth-order valence-corrected chi connectivity index (χ4v) is 3.34. The normalized spacial score (nSPS) is 12.8. The highest BCUT2D eigenvalue weighted by molar-refractivity contribution is 8.00. The van der Waals surface area contributed by atoms with Crippen LogP contribution in [0.5, 0.6) is 0 Å². The van der Waals surface area contributed by atoms with Crippen LogP contribution in [-0.4, -0.2) is 35.9 Å². The summed E-state index contributed by atoms with van der Waals surface area (Å²) in [4.78, 5) is -0.0583. The number of nitrogens with zero attached hydrogens (tertiary/aromatic N) is 1. The fourth-order valence-electron chi connectivity index (χ4n) is 1.68. The van der Waals surface area contributed by atoms with Gasteiger partial charge in [-0.15, -0.1) is 0 Å². The van der Waals surface area contributed by atoms with E-state index >= 15 is 0 Å². The zero-order valence-corrected chi connectivity index (χ0v) is 13.0. The van der Waals surface area contributed by atoms with Crippen molar-refractivity contribution in [1.29, 1.82) is 0 Å². The lowest BCUT2D eigenvalue weighted by Gasteiger charge is -2.07. The van der Waals surface area contributed by atoms with Gasteiger partial charge in [0.2, 0.25) is 10.0 Å². The topological polar surface area (TPSA) is 71.3 Å². The summed E-state index contributed by atoms with van der Waals surface area (Å²) < 4.78 is 63.4. The van der Waals surface area contributed by atoms with Gasteiger partial charge in [0.1, 0.15) is 0 Å². The Bertz CT molecular complexity index is 556. The summed E-state index contributed by atoms with van der Waals surface area (Å²) in [5, 5.41) is 9.16. The van der Waals surface area contributed by atoms with E-state index in [2.05, 4.69) is 4.72 Å². The summed E-state index contributed by atoms with van der Waals surface area (Å²) in [6.45, 7) is 1.83.